The fourth-order valence-corrected chi connectivity index (χ4v) is 3.83. The van der Waals surface area contributed by atoms with E-state index in [2.05, 4.69) is 10.6 Å². The lowest BCUT2D eigenvalue weighted by Crippen LogP contribution is -2.38. The van der Waals surface area contributed by atoms with Gasteiger partial charge in [0.15, 0.2) is 0 Å². The van der Waals surface area contributed by atoms with E-state index in [1.807, 2.05) is 55.5 Å². The molecule has 2 atom stereocenters. The largest absolute Gasteiger partial charge is 0.416 e. The molecule has 0 aliphatic rings. The van der Waals surface area contributed by atoms with Gasteiger partial charge in [-0.3, -0.25) is 10.1 Å². The minimum absolute atomic E-state index is 0.175. The number of benzene rings is 3. The molecular weight excluding hydrogens is 449 g/mol. The highest BCUT2D eigenvalue weighted by Gasteiger charge is 2.30. The number of aryl methyl sites for hydroxylation is 2. The summed E-state index contributed by atoms with van der Waals surface area (Å²) >= 11 is 6.21. The number of nitrogens with one attached hydrogen (secondary N) is 2. The Bertz CT molecular complexity index is 1070. The topological polar surface area (TPSA) is 41.1 Å². The number of rotatable bonds is 8. The van der Waals surface area contributed by atoms with Crippen LogP contribution in [0.25, 0.3) is 0 Å². The maximum Gasteiger partial charge on any atom is 0.416 e. The molecule has 0 spiro atoms. The van der Waals surface area contributed by atoms with Gasteiger partial charge in [-0.05, 0) is 60.2 Å². The fraction of sp³-hybridized carbons (Fsp3) is 0.269. The van der Waals surface area contributed by atoms with E-state index in [-0.39, 0.29) is 11.9 Å². The fourth-order valence-electron chi connectivity index (χ4n) is 3.72. The van der Waals surface area contributed by atoms with E-state index in [9.17, 15) is 18.0 Å². The average Bonchev–Trinajstić information content (AvgIpc) is 2.81. The first-order valence-corrected chi connectivity index (χ1v) is 11.0. The monoisotopic (exact) mass is 474 g/mol. The lowest BCUT2D eigenvalue weighted by Gasteiger charge is -2.26. The number of likely N-dealkylation sites (N-methyl/N-ethyl adjacent to an activating group) is 1. The first-order valence-electron chi connectivity index (χ1n) is 10.6. The molecule has 0 bridgehead atoms. The van der Waals surface area contributed by atoms with Crippen LogP contribution in [-0.4, -0.2) is 13.0 Å². The number of carbonyl (C=O) groups is 1. The molecular formula is C26H26ClF3N2O. The van der Waals surface area contributed by atoms with E-state index in [0.29, 0.717) is 17.9 Å². The van der Waals surface area contributed by atoms with Crippen molar-refractivity contribution in [3.8, 4) is 0 Å². The summed E-state index contributed by atoms with van der Waals surface area (Å²) < 4.78 is 38.6. The van der Waals surface area contributed by atoms with Gasteiger partial charge in [0.2, 0.25) is 5.91 Å². The second-order valence-electron chi connectivity index (χ2n) is 7.92. The van der Waals surface area contributed by atoms with Crippen LogP contribution in [0.4, 0.5) is 13.2 Å². The van der Waals surface area contributed by atoms with Crippen LogP contribution in [0, 0.1) is 6.92 Å². The predicted molar refractivity (Wildman–Crippen MR) is 125 cm³/mol. The second kappa shape index (κ2) is 10.9. The summed E-state index contributed by atoms with van der Waals surface area (Å²) in [6, 6.07) is 19.5. The van der Waals surface area contributed by atoms with Gasteiger partial charge >= 0.3 is 6.18 Å². The molecule has 3 aromatic carbocycles. The predicted octanol–water partition coefficient (Wildman–Crippen LogP) is 6.42. The van der Waals surface area contributed by atoms with E-state index in [0.717, 1.165) is 34.4 Å². The van der Waals surface area contributed by atoms with Crippen LogP contribution >= 0.6 is 11.6 Å². The zero-order chi connectivity index (χ0) is 24.0. The number of hydrogen-bond donors (Lipinski definition) is 2. The number of hydrogen-bond acceptors (Lipinski definition) is 2. The summed E-state index contributed by atoms with van der Waals surface area (Å²) in [5.74, 6) is -0.175. The van der Waals surface area contributed by atoms with Gasteiger partial charge in [-0.25, -0.2) is 0 Å². The molecule has 7 heteroatoms. The summed E-state index contributed by atoms with van der Waals surface area (Å²) in [5.41, 5.74) is 2.80. The number of amides is 1. The van der Waals surface area contributed by atoms with Crippen molar-refractivity contribution >= 4 is 17.5 Å². The lowest BCUT2D eigenvalue weighted by molar-refractivity contribution is -0.137. The molecule has 3 aromatic rings. The standard InChI is InChI=1S/C26H26ClF3N2O/c1-17-16-20(11-14-22(17)27)23(15-10-18-8-12-21(13-9-18)26(28,29)30)32-24(25(33)31-2)19-6-4-3-5-7-19/h3-9,11-14,16,23-24,32H,10,15H2,1-2H3,(H,31,33)/t23-,24+/m0/s1. The minimum Gasteiger partial charge on any atom is -0.358 e. The van der Waals surface area contributed by atoms with Gasteiger partial charge in [0, 0.05) is 18.1 Å². The molecule has 3 nitrogen and oxygen atoms in total. The molecule has 3 rings (SSSR count). The number of alkyl halides is 3. The highest BCUT2D eigenvalue weighted by atomic mass is 35.5. The number of carbonyl (C=O) groups excluding carboxylic acids is 1. The molecule has 0 aromatic heterocycles. The first-order chi connectivity index (χ1) is 15.7. The van der Waals surface area contributed by atoms with Gasteiger partial charge in [0.05, 0.1) is 5.56 Å². The van der Waals surface area contributed by atoms with E-state index in [4.69, 9.17) is 11.6 Å². The normalized spacial score (nSPS) is 13.4. The molecule has 33 heavy (non-hydrogen) atoms. The Kier molecular flexibility index (Phi) is 8.16. The van der Waals surface area contributed by atoms with Crippen molar-refractivity contribution in [1.29, 1.82) is 0 Å². The molecule has 0 fully saturated rings. The van der Waals surface area contributed by atoms with Gasteiger partial charge in [-0.2, -0.15) is 13.2 Å². The molecule has 0 saturated heterocycles. The van der Waals surface area contributed by atoms with Crippen molar-refractivity contribution in [2.24, 2.45) is 0 Å². The van der Waals surface area contributed by atoms with Crippen LogP contribution in [0.2, 0.25) is 5.02 Å². The molecule has 0 aliphatic carbocycles. The Morgan fingerprint density at radius 3 is 2.21 bits per heavy atom. The van der Waals surface area contributed by atoms with Crippen molar-refractivity contribution in [2.75, 3.05) is 7.05 Å². The molecule has 1 amide bonds. The van der Waals surface area contributed by atoms with Crippen LogP contribution < -0.4 is 10.6 Å². The lowest BCUT2D eigenvalue weighted by atomic mass is 9.95. The molecule has 0 aliphatic heterocycles. The van der Waals surface area contributed by atoms with Crippen molar-refractivity contribution in [2.45, 2.75) is 38.0 Å². The summed E-state index contributed by atoms with van der Waals surface area (Å²) in [6.45, 7) is 1.91. The van der Waals surface area contributed by atoms with Crippen LogP contribution in [0.5, 0.6) is 0 Å². The maximum atomic E-state index is 12.9. The average molecular weight is 475 g/mol. The van der Waals surface area contributed by atoms with Gasteiger partial charge in [-0.1, -0.05) is 66.2 Å². The Hall–Kier alpha value is -2.83. The molecule has 0 heterocycles. The van der Waals surface area contributed by atoms with E-state index < -0.39 is 17.8 Å². The highest BCUT2D eigenvalue weighted by molar-refractivity contribution is 6.31. The summed E-state index contributed by atoms with van der Waals surface area (Å²) in [5, 5.41) is 6.81. The van der Waals surface area contributed by atoms with Crippen LogP contribution in [0.3, 0.4) is 0 Å². The van der Waals surface area contributed by atoms with Gasteiger partial charge in [-0.15, -0.1) is 0 Å². The third kappa shape index (κ3) is 6.59. The second-order valence-corrected chi connectivity index (χ2v) is 8.33. The van der Waals surface area contributed by atoms with Crippen LogP contribution in [-0.2, 0) is 17.4 Å². The van der Waals surface area contributed by atoms with Crippen molar-refractivity contribution in [1.82, 2.24) is 10.6 Å². The molecule has 174 valence electrons. The summed E-state index contributed by atoms with van der Waals surface area (Å²) in [7, 11) is 1.59. The Morgan fingerprint density at radius 1 is 0.970 bits per heavy atom. The molecule has 0 unspecified atom stereocenters. The first kappa shape index (κ1) is 24.8. The van der Waals surface area contributed by atoms with Crippen LogP contribution in [0.1, 0.15) is 46.3 Å². The Morgan fingerprint density at radius 2 is 1.64 bits per heavy atom. The molecule has 0 saturated carbocycles. The zero-order valence-corrected chi connectivity index (χ0v) is 19.2. The third-order valence-electron chi connectivity index (χ3n) is 5.60. The van der Waals surface area contributed by atoms with Gasteiger partial charge in [0.25, 0.3) is 0 Å². The highest BCUT2D eigenvalue weighted by Crippen LogP contribution is 2.30. The van der Waals surface area contributed by atoms with E-state index in [1.54, 1.807) is 7.05 Å². The van der Waals surface area contributed by atoms with Gasteiger partial charge < -0.3 is 5.32 Å². The zero-order valence-electron chi connectivity index (χ0n) is 18.4. The quantitative estimate of drug-likeness (QED) is 0.395. The third-order valence-corrected chi connectivity index (χ3v) is 6.02. The molecule has 0 radical (unpaired) electrons. The Balaban J connectivity index is 1.87. The maximum absolute atomic E-state index is 12.9. The minimum atomic E-state index is -4.36. The van der Waals surface area contributed by atoms with Crippen molar-refractivity contribution in [3.05, 3.63) is 106 Å². The Labute approximate surface area is 197 Å². The van der Waals surface area contributed by atoms with E-state index in [1.165, 1.54) is 12.1 Å². The van der Waals surface area contributed by atoms with Crippen molar-refractivity contribution in [3.63, 3.8) is 0 Å². The van der Waals surface area contributed by atoms with E-state index >= 15 is 0 Å². The van der Waals surface area contributed by atoms with Crippen LogP contribution in [0.15, 0.2) is 72.8 Å². The summed E-state index contributed by atoms with van der Waals surface area (Å²) in [4.78, 5) is 12.7. The molecule has 2 N–H and O–H groups in total. The number of halogens is 4. The SMILES string of the molecule is CNC(=O)[C@H](N[C@@H](CCc1ccc(C(F)(F)F)cc1)c1ccc(Cl)c(C)c1)c1ccccc1. The van der Waals surface area contributed by atoms with Gasteiger partial charge in [0.1, 0.15) is 6.04 Å². The summed E-state index contributed by atoms with van der Waals surface area (Å²) in [6.07, 6.45) is -3.25. The van der Waals surface area contributed by atoms with Crippen molar-refractivity contribution < 1.29 is 18.0 Å². The smallest absolute Gasteiger partial charge is 0.358 e.